The number of aryl methyl sites for hydroxylation is 1. The predicted molar refractivity (Wildman–Crippen MR) is 107 cm³/mol. The van der Waals surface area contributed by atoms with Crippen molar-refractivity contribution < 1.29 is 9.59 Å². The minimum atomic E-state index is -0.616. The van der Waals surface area contributed by atoms with Crippen LogP contribution in [0.1, 0.15) is 75.4 Å². The number of nitrogens with zero attached hydrogens (tertiary/aromatic N) is 2. The first-order chi connectivity index (χ1) is 12.8. The van der Waals surface area contributed by atoms with E-state index in [0.717, 1.165) is 56.7 Å². The molecule has 2 amide bonds. The number of imidazole rings is 1. The van der Waals surface area contributed by atoms with Crippen LogP contribution in [0.25, 0.3) is 0 Å². The maximum atomic E-state index is 13.1. The number of fused-ring (bicyclic) bond motifs is 1. The Bertz CT molecular complexity index is 660. The van der Waals surface area contributed by atoms with Crippen molar-refractivity contribution in [3.05, 3.63) is 17.2 Å². The molecule has 3 N–H and O–H groups in total. The van der Waals surface area contributed by atoms with E-state index in [-0.39, 0.29) is 11.8 Å². The fourth-order valence-electron chi connectivity index (χ4n) is 3.47. The van der Waals surface area contributed by atoms with Gasteiger partial charge < -0.3 is 20.5 Å². The highest BCUT2D eigenvalue weighted by Crippen LogP contribution is 2.22. The molecule has 1 aromatic rings. The number of hydrogen-bond donors (Lipinski definition) is 3. The molecule has 7 nitrogen and oxygen atoms in total. The van der Waals surface area contributed by atoms with Crippen LogP contribution >= 0.6 is 0 Å². The lowest BCUT2D eigenvalue weighted by atomic mass is 9.86. The lowest BCUT2D eigenvalue weighted by Crippen LogP contribution is -2.53. The van der Waals surface area contributed by atoms with Crippen molar-refractivity contribution in [1.82, 2.24) is 25.5 Å². The van der Waals surface area contributed by atoms with Gasteiger partial charge in [0.2, 0.25) is 5.91 Å². The van der Waals surface area contributed by atoms with Gasteiger partial charge in [-0.3, -0.25) is 9.59 Å². The van der Waals surface area contributed by atoms with E-state index in [2.05, 4.69) is 27.4 Å². The number of aromatic nitrogens is 2. The molecule has 0 bridgehead atoms. The first-order valence-electron chi connectivity index (χ1n) is 10.1. The molecule has 1 atom stereocenters. The van der Waals surface area contributed by atoms with Crippen molar-refractivity contribution in [2.75, 3.05) is 13.6 Å². The molecule has 0 fully saturated rings. The predicted octanol–water partition coefficient (Wildman–Crippen LogP) is 2.00. The highest BCUT2D eigenvalue weighted by Gasteiger charge is 2.34. The van der Waals surface area contributed by atoms with E-state index in [1.165, 1.54) is 0 Å². The smallest absolute Gasteiger partial charge is 0.272 e. The third kappa shape index (κ3) is 5.31. The van der Waals surface area contributed by atoms with Crippen LogP contribution in [0.5, 0.6) is 0 Å². The number of likely N-dealkylation sites (N-methyl/N-ethyl adjacent to an activating group) is 1. The highest BCUT2D eigenvalue weighted by atomic mass is 16.2. The first-order valence-corrected chi connectivity index (χ1v) is 10.1. The van der Waals surface area contributed by atoms with Gasteiger partial charge in [0, 0.05) is 26.6 Å². The molecule has 152 valence electrons. The number of unbranched alkanes of at least 4 members (excludes halogenated alkanes) is 2. The Balaban J connectivity index is 2.30. The summed E-state index contributed by atoms with van der Waals surface area (Å²) in [6.07, 6.45) is 5.29. The van der Waals surface area contributed by atoms with E-state index in [9.17, 15) is 9.59 Å². The third-order valence-electron chi connectivity index (χ3n) is 5.05. The van der Waals surface area contributed by atoms with Gasteiger partial charge in [0.25, 0.3) is 5.91 Å². The molecule has 0 saturated carbocycles. The van der Waals surface area contributed by atoms with E-state index in [4.69, 9.17) is 4.98 Å². The second kappa shape index (κ2) is 9.35. The van der Waals surface area contributed by atoms with Crippen LogP contribution in [0, 0.1) is 5.41 Å². The summed E-state index contributed by atoms with van der Waals surface area (Å²) in [4.78, 5) is 30.0. The summed E-state index contributed by atoms with van der Waals surface area (Å²) in [6.45, 7) is 10.4. The van der Waals surface area contributed by atoms with E-state index in [1.54, 1.807) is 7.05 Å². The molecule has 27 heavy (non-hydrogen) atoms. The number of hydrogen-bond acceptors (Lipinski definition) is 4. The Kier molecular flexibility index (Phi) is 7.41. The molecule has 1 aromatic heterocycles. The number of carbonyl (C=O) groups excluding carboxylic acids is 2. The van der Waals surface area contributed by atoms with Crippen LogP contribution in [0.4, 0.5) is 0 Å². The molecule has 2 rings (SSSR count). The molecule has 1 unspecified atom stereocenters. The average molecular weight is 378 g/mol. The summed E-state index contributed by atoms with van der Waals surface area (Å²) in [5.41, 5.74) is 0.990. The summed E-state index contributed by atoms with van der Waals surface area (Å²) in [5.74, 6) is 0.523. The first kappa shape index (κ1) is 21.4. The number of nitrogens with one attached hydrogen (secondary N) is 3. The van der Waals surface area contributed by atoms with Crippen molar-refractivity contribution >= 4 is 11.8 Å². The fraction of sp³-hybridized carbons (Fsp3) is 0.750. The largest absolute Gasteiger partial charge is 0.357 e. The molecule has 1 aliphatic heterocycles. The monoisotopic (exact) mass is 377 g/mol. The Morgan fingerprint density at radius 2 is 2.04 bits per heavy atom. The van der Waals surface area contributed by atoms with Crippen molar-refractivity contribution in [3.8, 4) is 0 Å². The number of carbonyl (C=O) groups is 2. The summed E-state index contributed by atoms with van der Waals surface area (Å²) in [5, 5.41) is 8.95. The van der Waals surface area contributed by atoms with E-state index < -0.39 is 11.5 Å². The van der Waals surface area contributed by atoms with Gasteiger partial charge in [-0.15, -0.1) is 0 Å². The molecule has 0 radical (unpaired) electrons. The van der Waals surface area contributed by atoms with Crippen molar-refractivity contribution in [2.45, 2.75) is 78.9 Å². The Morgan fingerprint density at radius 1 is 1.30 bits per heavy atom. The third-order valence-corrected chi connectivity index (χ3v) is 5.05. The van der Waals surface area contributed by atoms with E-state index >= 15 is 0 Å². The highest BCUT2D eigenvalue weighted by molar-refractivity contribution is 5.97. The maximum absolute atomic E-state index is 13.1. The molecule has 7 heteroatoms. The molecule has 0 spiro atoms. The van der Waals surface area contributed by atoms with Crippen LogP contribution in [0.15, 0.2) is 0 Å². The lowest BCUT2D eigenvalue weighted by molar-refractivity contribution is -0.124. The SMILES string of the molecule is CCCCCc1nc(C(=O)NC(C(=O)NC)C(C)(C)C)c2n1CCCNC2. The van der Waals surface area contributed by atoms with Gasteiger partial charge in [-0.1, -0.05) is 40.5 Å². The zero-order valence-electron chi connectivity index (χ0n) is 17.4. The molecule has 0 aromatic carbocycles. The second-order valence-electron chi connectivity index (χ2n) is 8.35. The molecule has 0 aliphatic carbocycles. The van der Waals surface area contributed by atoms with E-state index in [0.29, 0.717) is 12.2 Å². The average Bonchev–Trinajstić information content (AvgIpc) is 2.79. The normalized spacial score (nSPS) is 15.6. The number of amides is 2. The van der Waals surface area contributed by atoms with Crippen LogP contribution < -0.4 is 16.0 Å². The van der Waals surface area contributed by atoms with Crippen LogP contribution in [0.2, 0.25) is 0 Å². The molecular weight excluding hydrogens is 342 g/mol. The van der Waals surface area contributed by atoms with Crippen molar-refractivity contribution in [3.63, 3.8) is 0 Å². The van der Waals surface area contributed by atoms with Gasteiger partial charge in [-0.25, -0.2) is 4.98 Å². The number of rotatable bonds is 7. The minimum absolute atomic E-state index is 0.192. The van der Waals surface area contributed by atoms with Gasteiger partial charge in [0.1, 0.15) is 11.9 Å². The van der Waals surface area contributed by atoms with Gasteiger partial charge >= 0.3 is 0 Å². The van der Waals surface area contributed by atoms with Crippen LogP contribution in [-0.4, -0.2) is 41.0 Å². The summed E-state index contributed by atoms with van der Waals surface area (Å²) in [7, 11) is 1.59. The maximum Gasteiger partial charge on any atom is 0.272 e. The van der Waals surface area contributed by atoms with E-state index in [1.807, 2.05) is 20.8 Å². The fourth-order valence-corrected chi connectivity index (χ4v) is 3.47. The summed E-state index contributed by atoms with van der Waals surface area (Å²) in [6, 6.07) is -0.616. The molecule has 1 aliphatic rings. The lowest BCUT2D eigenvalue weighted by Gasteiger charge is -2.29. The standard InChI is InChI=1S/C20H35N5O2/c1-6-7-8-10-15-23-16(14-13-22-11-9-12-25(14)15)18(26)24-17(19(27)21-5)20(2,3)4/h17,22H,6-13H2,1-5H3,(H,21,27)(H,24,26). The van der Waals surface area contributed by atoms with Crippen LogP contribution in [0.3, 0.4) is 0 Å². The van der Waals surface area contributed by atoms with Gasteiger partial charge in [-0.2, -0.15) is 0 Å². The Hall–Kier alpha value is -1.89. The van der Waals surface area contributed by atoms with Crippen molar-refractivity contribution in [2.24, 2.45) is 5.41 Å². The quantitative estimate of drug-likeness (QED) is 0.634. The minimum Gasteiger partial charge on any atom is -0.357 e. The molecule has 0 saturated heterocycles. The van der Waals surface area contributed by atoms with Gasteiger partial charge in [0.05, 0.1) is 5.69 Å². The second-order valence-corrected chi connectivity index (χ2v) is 8.35. The Morgan fingerprint density at radius 3 is 2.67 bits per heavy atom. The summed E-state index contributed by atoms with van der Waals surface area (Å²) >= 11 is 0. The zero-order chi connectivity index (χ0) is 20.0. The van der Waals surface area contributed by atoms with Gasteiger partial charge in [-0.05, 0) is 24.8 Å². The zero-order valence-corrected chi connectivity index (χ0v) is 17.4. The van der Waals surface area contributed by atoms with Gasteiger partial charge in [0.15, 0.2) is 5.69 Å². The van der Waals surface area contributed by atoms with Crippen molar-refractivity contribution in [1.29, 1.82) is 0 Å². The summed E-state index contributed by atoms with van der Waals surface area (Å²) < 4.78 is 2.20. The molecule has 2 heterocycles. The topological polar surface area (TPSA) is 88.1 Å². The Labute approximate surface area is 162 Å². The van der Waals surface area contributed by atoms with Crippen LogP contribution in [-0.2, 0) is 24.3 Å². The molecular formula is C20H35N5O2.